The third kappa shape index (κ3) is 3.17. The predicted octanol–water partition coefficient (Wildman–Crippen LogP) is 3.73. The van der Waals surface area contributed by atoms with E-state index in [-0.39, 0.29) is 5.91 Å². The van der Waals surface area contributed by atoms with E-state index in [2.05, 4.69) is 18.2 Å². The van der Waals surface area contributed by atoms with Crippen LogP contribution in [-0.4, -0.2) is 24.7 Å². The van der Waals surface area contributed by atoms with E-state index >= 15 is 0 Å². The number of hydrogen-bond donors (Lipinski definition) is 0. The Labute approximate surface area is 145 Å². The van der Waals surface area contributed by atoms with Gasteiger partial charge in [0, 0.05) is 4.90 Å². The number of ether oxygens (including phenoxy) is 1. The van der Waals surface area contributed by atoms with Crippen LogP contribution in [0.1, 0.15) is 27.0 Å². The summed E-state index contributed by atoms with van der Waals surface area (Å²) in [4.78, 5) is 27.1. The fourth-order valence-electron chi connectivity index (χ4n) is 2.76. The van der Waals surface area contributed by atoms with Gasteiger partial charge < -0.3 is 9.64 Å². The molecule has 1 heterocycles. The third-order valence-electron chi connectivity index (χ3n) is 4.16. The molecule has 3 rings (SSSR count). The molecule has 0 spiro atoms. The smallest absolute Gasteiger partial charge is 0.337 e. The molecule has 5 heteroatoms. The van der Waals surface area contributed by atoms with Gasteiger partial charge in [-0.25, -0.2) is 4.79 Å². The number of benzene rings is 2. The van der Waals surface area contributed by atoms with Gasteiger partial charge in [-0.15, -0.1) is 11.8 Å². The second-order valence-corrected chi connectivity index (χ2v) is 6.89. The number of rotatable bonds is 3. The van der Waals surface area contributed by atoms with E-state index in [9.17, 15) is 9.59 Å². The van der Waals surface area contributed by atoms with Gasteiger partial charge in [0.05, 0.1) is 30.7 Å². The molecule has 0 atom stereocenters. The second-order valence-electron chi connectivity index (χ2n) is 5.87. The molecule has 0 N–H and O–H groups in total. The minimum atomic E-state index is -0.396. The molecule has 0 radical (unpaired) electrons. The van der Waals surface area contributed by atoms with Crippen molar-refractivity contribution in [2.75, 3.05) is 17.8 Å². The van der Waals surface area contributed by atoms with Crippen LogP contribution in [-0.2, 0) is 16.1 Å². The maximum Gasteiger partial charge on any atom is 0.337 e. The molecule has 1 amide bonds. The summed E-state index contributed by atoms with van der Waals surface area (Å²) in [5, 5.41) is 0. The van der Waals surface area contributed by atoms with Gasteiger partial charge in [-0.1, -0.05) is 23.8 Å². The molecule has 0 bridgehead atoms. The van der Waals surface area contributed by atoms with Crippen molar-refractivity contribution in [3.63, 3.8) is 0 Å². The van der Waals surface area contributed by atoms with Crippen molar-refractivity contribution >= 4 is 29.3 Å². The van der Waals surface area contributed by atoms with Crippen LogP contribution >= 0.6 is 11.8 Å². The normalized spacial score (nSPS) is 13.6. The first-order chi connectivity index (χ1) is 11.5. The Morgan fingerprint density at radius 2 is 2.00 bits per heavy atom. The molecule has 0 saturated carbocycles. The molecule has 124 valence electrons. The lowest BCUT2D eigenvalue weighted by Gasteiger charge is -2.30. The molecular weight excluding hydrogens is 322 g/mol. The Kier molecular flexibility index (Phi) is 4.62. The lowest BCUT2D eigenvalue weighted by atomic mass is 10.0. The average Bonchev–Trinajstić information content (AvgIpc) is 2.59. The molecule has 2 aromatic carbocycles. The second kappa shape index (κ2) is 6.69. The Morgan fingerprint density at radius 1 is 1.21 bits per heavy atom. The fourth-order valence-corrected chi connectivity index (χ4v) is 3.68. The summed E-state index contributed by atoms with van der Waals surface area (Å²) >= 11 is 1.50. The van der Waals surface area contributed by atoms with Crippen LogP contribution in [0.2, 0.25) is 0 Å². The number of nitrogens with zero attached hydrogens (tertiary/aromatic N) is 1. The van der Waals surface area contributed by atoms with Gasteiger partial charge in [-0.2, -0.15) is 0 Å². The summed E-state index contributed by atoms with van der Waals surface area (Å²) in [6, 6.07) is 11.6. The molecule has 4 nitrogen and oxygen atoms in total. The van der Waals surface area contributed by atoms with Crippen LogP contribution in [0.25, 0.3) is 0 Å². The zero-order valence-corrected chi connectivity index (χ0v) is 14.8. The Hall–Kier alpha value is -2.27. The lowest BCUT2D eigenvalue weighted by Crippen LogP contribution is -2.35. The van der Waals surface area contributed by atoms with Crippen LogP contribution < -0.4 is 4.90 Å². The van der Waals surface area contributed by atoms with Gasteiger partial charge >= 0.3 is 5.97 Å². The van der Waals surface area contributed by atoms with Crippen LogP contribution in [0, 0.1) is 13.8 Å². The summed E-state index contributed by atoms with van der Waals surface area (Å²) in [6.07, 6.45) is 0. The van der Waals surface area contributed by atoms with Gasteiger partial charge in [-0.3, -0.25) is 4.79 Å². The summed E-state index contributed by atoms with van der Waals surface area (Å²) < 4.78 is 4.79. The van der Waals surface area contributed by atoms with E-state index in [1.54, 1.807) is 17.0 Å². The van der Waals surface area contributed by atoms with E-state index in [4.69, 9.17) is 4.74 Å². The van der Waals surface area contributed by atoms with Gasteiger partial charge in [0.1, 0.15) is 0 Å². The summed E-state index contributed by atoms with van der Waals surface area (Å²) in [6.45, 7) is 4.59. The number of methoxy groups -OCH3 is 1. The van der Waals surface area contributed by atoms with Crippen molar-refractivity contribution in [1.82, 2.24) is 0 Å². The number of carbonyl (C=O) groups excluding carboxylic acids is 2. The van der Waals surface area contributed by atoms with Crippen molar-refractivity contribution in [3.8, 4) is 0 Å². The molecular formula is C19H19NO3S. The van der Waals surface area contributed by atoms with Crippen LogP contribution in [0.15, 0.2) is 41.3 Å². The number of esters is 1. The quantitative estimate of drug-likeness (QED) is 0.798. The van der Waals surface area contributed by atoms with E-state index in [0.717, 1.165) is 27.3 Å². The SMILES string of the molecule is COC(=O)c1ccc2c(c1)N(Cc1cc(C)ccc1C)C(=O)CS2. The molecule has 0 unspecified atom stereocenters. The number of aryl methyl sites for hydroxylation is 2. The molecule has 0 aliphatic carbocycles. The summed E-state index contributed by atoms with van der Waals surface area (Å²) in [7, 11) is 1.36. The van der Waals surface area contributed by atoms with E-state index in [0.29, 0.717) is 17.9 Å². The monoisotopic (exact) mass is 341 g/mol. The van der Waals surface area contributed by atoms with E-state index in [1.807, 2.05) is 19.9 Å². The van der Waals surface area contributed by atoms with E-state index in [1.165, 1.54) is 18.9 Å². The number of hydrogen-bond acceptors (Lipinski definition) is 4. The van der Waals surface area contributed by atoms with Crippen LogP contribution in [0.5, 0.6) is 0 Å². The minimum Gasteiger partial charge on any atom is -0.465 e. The van der Waals surface area contributed by atoms with Gasteiger partial charge in [0.2, 0.25) is 5.91 Å². The first kappa shape index (κ1) is 16.6. The highest BCUT2D eigenvalue weighted by Gasteiger charge is 2.26. The summed E-state index contributed by atoms with van der Waals surface area (Å²) in [5.74, 6) is 0.0676. The highest BCUT2D eigenvalue weighted by molar-refractivity contribution is 8.00. The largest absolute Gasteiger partial charge is 0.465 e. The van der Waals surface area contributed by atoms with Crippen molar-refractivity contribution in [3.05, 3.63) is 58.7 Å². The number of anilines is 1. The number of fused-ring (bicyclic) bond motifs is 1. The van der Waals surface area contributed by atoms with Crippen LogP contribution in [0.3, 0.4) is 0 Å². The first-order valence-corrected chi connectivity index (χ1v) is 8.70. The molecule has 1 aliphatic rings. The average molecular weight is 341 g/mol. The Balaban J connectivity index is 2.01. The number of thioether (sulfide) groups is 1. The van der Waals surface area contributed by atoms with Crippen molar-refractivity contribution in [2.45, 2.75) is 25.3 Å². The summed E-state index contributed by atoms with van der Waals surface area (Å²) in [5.41, 5.74) is 4.66. The highest BCUT2D eigenvalue weighted by atomic mass is 32.2. The highest BCUT2D eigenvalue weighted by Crippen LogP contribution is 2.37. The maximum absolute atomic E-state index is 12.5. The van der Waals surface area contributed by atoms with Crippen molar-refractivity contribution in [2.24, 2.45) is 0 Å². The Bertz CT molecular complexity index is 816. The molecule has 24 heavy (non-hydrogen) atoms. The number of carbonyl (C=O) groups is 2. The topological polar surface area (TPSA) is 46.6 Å². The lowest BCUT2D eigenvalue weighted by molar-refractivity contribution is -0.116. The van der Waals surface area contributed by atoms with Gasteiger partial charge in [0.15, 0.2) is 0 Å². The van der Waals surface area contributed by atoms with Crippen LogP contribution in [0.4, 0.5) is 5.69 Å². The molecule has 1 aliphatic heterocycles. The number of amides is 1. The molecule has 0 aromatic heterocycles. The molecule has 2 aromatic rings. The molecule has 0 saturated heterocycles. The van der Waals surface area contributed by atoms with Gasteiger partial charge in [-0.05, 0) is 43.2 Å². The van der Waals surface area contributed by atoms with Gasteiger partial charge in [0.25, 0.3) is 0 Å². The minimum absolute atomic E-state index is 0.0513. The van der Waals surface area contributed by atoms with Crippen molar-refractivity contribution < 1.29 is 14.3 Å². The zero-order valence-electron chi connectivity index (χ0n) is 14.0. The predicted molar refractivity (Wildman–Crippen MR) is 95.6 cm³/mol. The molecule has 0 fully saturated rings. The first-order valence-electron chi connectivity index (χ1n) is 7.71. The third-order valence-corrected chi connectivity index (χ3v) is 5.20. The van der Waals surface area contributed by atoms with E-state index < -0.39 is 5.97 Å². The maximum atomic E-state index is 12.5. The van der Waals surface area contributed by atoms with Crippen molar-refractivity contribution in [1.29, 1.82) is 0 Å². The standard InChI is InChI=1S/C19H19NO3S/c1-12-4-5-13(2)15(8-12)10-20-16-9-14(19(22)23-3)6-7-17(16)24-11-18(20)21/h4-9H,10-11H2,1-3H3. The fraction of sp³-hybridized carbons (Fsp3) is 0.263. The zero-order chi connectivity index (χ0) is 17.3. The Morgan fingerprint density at radius 3 is 2.75 bits per heavy atom.